The van der Waals surface area contributed by atoms with E-state index in [1.165, 1.54) is 6.42 Å². The van der Waals surface area contributed by atoms with Crippen LogP contribution < -0.4 is 5.32 Å². The number of carbonyl (C=O) groups is 1. The summed E-state index contributed by atoms with van der Waals surface area (Å²) in [5.41, 5.74) is 0. The van der Waals surface area contributed by atoms with Gasteiger partial charge in [-0.2, -0.15) is 0 Å². The van der Waals surface area contributed by atoms with Gasteiger partial charge in [-0.1, -0.05) is 13.3 Å². The molecule has 0 aromatic rings. The van der Waals surface area contributed by atoms with Gasteiger partial charge in [0.25, 0.3) is 0 Å². The van der Waals surface area contributed by atoms with Gasteiger partial charge in [0.15, 0.2) is 0 Å². The van der Waals surface area contributed by atoms with E-state index in [-0.39, 0.29) is 5.92 Å². The highest BCUT2D eigenvalue weighted by molar-refractivity contribution is 5.77. The van der Waals surface area contributed by atoms with Crippen molar-refractivity contribution in [2.45, 2.75) is 33.1 Å². The maximum Gasteiger partial charge on any atom is 0.132 e. The van der Waals surface area contributed by atoms with Crippen LogP contribution in [-0.2, 0) is 4.79 Å². The zero-order chi connectivity index (χ0) is 8.69. The van der Waals surface area contributed by atoms with Gasteiger partial charge in [0, 0.05) is 5.92 Å². The summed E-state index contributed by atoms with van der Waals surface area (Å²) in [6.45, 7) is 4.73. The second-order valence-electron chi connectivity index (χ2n) is 3.11. The van der Waals surface area contributed by atoms with Crippen molar-refractivity contribution in [1.82, 2.24) is 5.32 Å². The average Bonchev–Trinajstić information content (AvgIpc) is 1.97. The molecular formula is C9H19NO. The van der Waals surface area contributed by atoms with Gasteiger partial charge in [-0.15, -0.1) is 0 Å². The summed E-state index contributed by atoms with van der Waals surface area (Å²) in [5.74, 6) is 0.571. The highest BCUT2D eigenvalue weighted by Crippen LogP contribution is 2.07. The van der Waals surface area contributed by atoms with Crippen LogP contribution in [0.3, 0.4) is 0 Å². The molecular weight excluding hydrogens is 138 g/mol. The standard InChI is InChI=1S/C9H19NO/c1-8(9(2)11)6-4-5-7-10-3/h8,10H,4-7H2,1-3H3. The van der Waals surface area contributed by atoms with Crippen molar-refractivity contribution in [2.24, 2.45) is 5.92 Å². The van der Waals surface area contributed by atoms with Crippen LogP contribution in [0.15, 0.2) is 0 Å². The Bertz CT molecular complexity index is 112. The lowest BCUT2D eigenvalue weighted by atomic mass is 10.0. The first-order valence-electron chi connectivity index (χ1n) is 4.33. The molecule has 0 aliphatic rings. The number of Topliss-reactive ketones (excluding diaryl/α,β-unsaturated/α-hetero) is 1. The van der Waals surface area contributed by atoms with Crippen molar-refractivity contribution in [3.63, 3.8) is 0 Å². The van der Waals surface area contributed by atoms with Crippen LogP contribution in [0.4, 0.5) is 0 Å². The summed E-state index contributed by atoms with van der Waals surface area (Å²) in [7, 11) is 1.95. The lowest BCUT2D eigenvalue weighted by Crippen LogP contribution is -2.10. The Labute approximate surface area is 69.4 Å². The Kier molecular flexibility index (Phi) is 6.13. The van der Waals surface area contributed by atoms with Crippen LogP contribution in [-0.4, -0.2) is 19.4 Å². The molecule has 0 rings (SSSR count). The normalized spacial score (nSPS) is 13.0. The number of hydrogen-bond acceptors (Lipinski definition) is 2. The molecule has 0 radical (unpaired) electrons. The minimum atomic E-state index is 0.256. The lowest BCUT2D eigenvalue weighted by molar-refractivity contribution is -0.120. The van der Waals surface area contributed by atoms with Crippen molar-refractivity contribution in [3.8, 4) is 0 Å². The molecule has 0 spiro atoms. The molecule has 2 heteroatoms. The summed E-state index contributed by atoms with van der Waals surface area (Å²) in [6, 6.07) is 0. The third-order valence-corrected chi connectivity index (χ3v) is 2.01. The highest BCUT2D eigenvalue weighted by atomic mass is 16.1. The molecule has 1 unspecified atom stereocenters. The molecule has 0 fully saturated rings. The van der Waals surface area contributed by atoms with Crippen molar-refractivity contribution in [2.75, 3.05) is 13.6 Å². The van der Waals surface area contributed by atoms with E-state index in [1.54, 1.807) is 6.92 Å². The second-order valence-corrected chi connectivity index (χ2v) is 3.11. The predicted octanol–water partition coefficient (Wildman–Crippen LogP) is 1.60. The number of carbonyl (C=O) groups excluding carboxylic acids is 1. The molecule has 0 aromatic heterocycles. The van der Waals surface area contributed by atoms with Crippen LogP contribution in [0.1, 0.15) is 33.1 Å². The Hall–Kier alpha value is -0.370. The van der Waals surface area contributed by atoms with E-state index in [2.05, 4.69) is 5.32 Å². The zero-order valence-corrected chi connectivity index (χ0v) is 7.81. The minimum Gasteiger partial charge on any atom is -0.320 e. The maximum atomic E-state index is 10.8. The van der Waals surface area contributed by atoms with Crippen molar-refractivity contribution < 1.29 is 4.79 Å². The van der Waals surface area contributed by atoms with Crippen LogP contribution in [0, 0.1) is 5.92 Å². The van der Waals surface area contributed by atoms with Gasteiger partial charge < -0.3 is 5.32 Å². The second kappa shape index (κ2) is 6.35. The first-order valence-corrected chi connectivity index (χ1v) is 4.33. The monoisotopic (exact) mass is 157 g/mol. The van der Waals surface area contributed by atoms with E-state index in [4.69, 9.17) is 0 Å². The molecule has 0 aliphatic heterocycles. The zero-order valence-electron chi connectivity index (χ0n) is 7.81. The SMILES string of the molecule is CNCCCCC(C)C(C)=O. The Morgan fingerprint density at radius 2 is 2.09 bits per heavy atom. The van der Waals surface area contributed by atoms with Gasteiger partial charge in [-0.05, 0) is 33.4 Å². The van der Waals surface area contributed by atoms with Gasteiger partial charge in [0.1, 0.15) is 5.78 Å². The molecule has 0 saturated carbocycles. The lowest BCUT2D eigenvalue weighted by Gasteiger charge is -2.05. The van der Waals surface area contributed by atoms with Crippen LogP contribution in [0.2, 0.25) is 0 Å². The molecule has 0 saturated heterocycles. The largest absolute Gasteiger partial charge is 0.320 e. The Morgan fingerprint density at radius 3 is 2.55 bits per heavy atom. The summed E-state index contributed by atoms with van der Waals surface area (Å²) >= 11 is 0. The Morgan fingerprint density at radius 1 is 1.45 bits per heavy atom. The van der Waals surface area contributed by atoms with Gasteiger partial charge in [-0.3, -0.25) is 4.79 Å². The number of unbranched alkanes of at least 4 members (excludes halogenated alkanes) is 1. The molecule has 1 atom stereocenters. The number of ketones is 1. The van der Waals surface area contributed by atoms with E-state index in [0.717, 1.165) is 19.4 Å². The molecule has 0 heterocycles. The van der Waals surface area contributed by atoms with E-state index in [1.807, 2.05) is 14.0 Å². The van der Waals surface area contributed by atoms with E-state index >= 15 is 0 Å². The molecule has 1 N–H and O–H groups in total. The third-order valence-electron chi connectivity index (χ3n) is 2.01. The quantitative estimate of drug-likeness (QED) is 0.593. The van der Waals surface area contributed by atoms with E-state index in [9.17, 15) is 4.79 Å². The van der Waals surface area contributed by atoms with Crippen molar-refractivity contribution in [3.05, 3.63) is 0 Å². The summed E-state index contributed by atoms with van der Waals surface area (Å²) in [5, 5.41) is 3.09. The fourth-order valence-electron chi connectivity index (χ4n) is 0.956. The first-order chi connectivity index (χ1) is 5.18. The van der Waals surface area contributed by atoms with Crippen LogP contribution in [0.25, 0.3) is 0 Å². The number of hydrogen-bond donors (Lipinski definition) is 1. The van der Waals surface area contributed by atoms with Crippen LogP contribution in [0.5, 0.6) is 0 Å². The average molecular weight is 157 g/mol. The van der Waals surface area contributed by atoms with Crippen molar-refractivity contribution >= 4 is 5.78 Å². The molecule has 0 bridgehead atoms. The summed E-state index contributed by atoms with van der Waals surface area (Å²) in [6.07, 6.45) is 3.37. The summed E-state index contributed by atoms with van der Waals surface area (Å²) in [4.78, 5) is 10.8. The van der Waals surface area contributed by atoms with Gasteiger partial charge in [0.05, 0.1) is 0 Å². The molecule has 11 heavy (non-hydrogen) atoms. The van der Waals surface area contributed by atoms with Crippen LogP contribution >= 0.6 is 0 Å². The Balaban J connectivity index is 3.17. The smallest absolute Gasteiger partial charge is 0.132 e. The highest BCUT2D eigenvalue weighted by Gasteiger charge is 2.05. The first kappa shape index (κ1) is 10.6. The fraction of sp³-hybridized carbons (Fsp3) is 0.889. The summed E-state index contributed by atoms with van der Waals surface area (Å²) < 4.78 is 0. The molecule has 0 aliphatic carbocycles. The third kappa shape index (κ3) is 6.05. The molecule has 2 nitrogen and oxygen atoms in total. The maximum absolute atomic E-state index is 10.8. The van der Waals surface area contributed by atoms with Crippen molar-refractivity contribution in [1.29, 1.82) is 0 Å². The number of nitrogens with one attached hydrogen (secondary N) is 1. The fourth-order valence-corrected chi connectivity index (χ4v) is 0.956. The molecule has 0 amide bonds. The van der Waals surface area contributed by atoms with Gasteiger partial charge in [0.2, 0.25) is 0 Å². The minimum absolute atomic E-state index is 0.256. The predicted molar refractivity (Wildman–Crippen MR) is 47.6 cm³/mol. The molecule has 0 aromatic carbocycles. The van der Waals surface area contributed by atoms with E-state index < -0.39 is 0 Å². The van der Waals surface area contributed by atoms with E-state index in [0.29, 0.717) is 5.78 Å². The topological polar surface area (TPSA) is 29.1 Å². The van der Waals surface area contributed by atoms with Gasteiger partial charge >= 0.3 is 0 Å². The number of rotatable bonds is 6. The van der Waals surface area contributed by atoms with Gasteiger partial charge in [-0.25, -0.2) is 0 Å². The molecule has 66 valence electrons.